The van der Waals surface area contributed by atoms with Gasteiger partial charge in [-0.05, 0) is 36.9 Å². The molecule has 0 saturated heterocycles. The summed E-state index contributed by atoms with van der Waals surface area (Å²) in [6.45, 7) is 5.51. The van der Waals surface area contributed by atoms with Crippen molar-refractivity contribution < 1.29 is 0 Å². The maximum absolute atomic E-state index is 4.56. The van der Waals surface area contributed by atoms with Crippen LogP contribution in [0.3, 0.4) is 0 Å². The largest absolute Gasteiger partial charge is 0.330 e. The van der Waals surface area contributed by atoms with Gasteiger partial charge in [-0.1, -0.05) is 38.1 Å². The van der Waals surface area contributed by atoms with Gasteiger partial charge < -0.3 is 9.88 Å². The van der Waals surface area contributed by atoms with Crippen molar-refractivity contribution in [2.45, 2.75) is 51.6 Å². The molecule has 1 N–H and O–H groups in total. The van der Waals surface area contributed by atoms with Crippen LogP contribution in [-0.4, -0.2) is 16.1 Å². The van der Waals surface area contributed by atoms with Gasteiger partial charge in [0.15, 0.2) is 0 Å². The van der Waals surface area contributed by atoms with Crippen LogP contribution in [0, 0.1) is 0 Å². The maximum atomic E-state index is 4.56. The molecule has 1 aliphatic rings. The molecule has 112 valence electrons. The monoisotopic (exact) mass is 283 g/mol. The van der Waals surface area contributed by atoms with Crippen LogP contribution in [0.25, 0.3) is 0 Å². The number of benzene rings is 1. The molecule has 0 radical (unpaired) electrons. The smallest absolute Gasteiger partial charge is 0.108 e. The summed E-state index contributed by atoms with van der Waals surface area (Å²) in [6.07, 6.45) is 8.57. The first-order valence-corrected chi connectivity index (χ1v) is 8.18. The molecule has 0 bridgehead atoms. The third kappa shape index (κ3) is 2.75. The minimum Gasteiger partial charge on any atom is -0.330 e. The number of aromatic nitrogens is 2. The molecular weight excluding hydrogens is 258 g/mol. The average molecular weight is 283 g/mol. The van der Waals surface area contributed by atoms with Crippen molar-refractivity contribution in [2.75, 3.05) is 6.54 Å². The molecule has 0 aliphatic heterocycles. The lowest BCUT2D eigenvalue weighted by Gasteiger charge is -2.24. The van der Waals surface area contributed by atoms with Crippen LogP contribution in [0.15, 0.2) is 36.7 Å². The highest BCUT2D eigenvalue weighted by atomic mass is 15.1. The zero-order chi connectivity index (χ0) is 14.7. The summed E-state index contributed by atoms with van der Waals surface area (Å²) in [6, 6.07) is 9.72. The van der Waals surface area contributed by atoms with Gasteiger partial charge in [0, 0.05) is 18.8 Å². The Labute approximate surface area is 127 Å². The lowest BCUT2D eigenvalue weighted by atomic mass is 10.1. The van der Waals surface area contributed by atoms with Crippen molar-refractivity contribution in [1.82, 2.24) is 14.9 Å². The van der Waals surface area contributed by atoms with Gasteiger partial charge in [0.25, 0.3) is 0 Å². The Bertz CT molecular complexity index is 588. The fraction of sp³-hybridized carbons (Fsp3) is 0.500. The van der Waals surface area contributed by atoms with E-state index in [0.29, 0.717) is 12.1 Å². The summed E-state index contributed by atoms with van der Waals surface area (Å²) in [5, 5.41) is 3.75. The zero-order valence-electron chi connectivity index (χ0n) is 13.0. The predicted molar refractivity (Wildman–Crippen MR) is 86.4 cm³/mol. The first kappa shape index (κ1) is 14.3. The molecular formula is C18H25N3. The Morgan fingerprint density at radius 2 is 2.10 bits per heavy atom. The summed E-state index contributed by atoms with van der Waals surface area (Å²) < 4.78 is 2.40. The van der Waals surface area contributed by atoms with E-state index in [1.54, 1.807) is 0 Å². The van der Waals surface area contributed by atoms with Crippen LogP contribution < -0.4 is 5.32 Å². The van der Waals surface area contributed by atoms with Gasteiger partial charge in [-0.2, -0.15) is 0 Å². The van der Waals surface area contributed by atoms with Crippen molar-refractivity contribution in [3.63, 3.8) is 0 Å². The normalized spacial score (nSPS) is 20.7. The van der Waals surface area contributed by atoms with Gasteiger partial charge in [-0.25, -0.2) is 4.98 Å². The van der Waals surface area contributed by atoms with Gasteiger partial charge in [-0.3, -0.25) is 0 Å². The number of aryl methyl sites for hydroxylation is 1. The minimum absolute atomic E-state index is 0.408. The van der Waals surface area contributed by atoms with E-state index < -0.39 is 0 Å². The molecule has 0 fully saturated rings. The van der Waals surface area contributed by atoms with E-state index in [2.05, 4.69) is 59.2 Å². The molecule has 1 aromatic carbocycles. The second-order valence-corrected chi connectivity index (χ2v) is 5.90. The highest BCUT2D eigenvalue weighted by Gasteiger charge is 2.33. The molecule has 1 aliphatic carbocycles. The van der Waals surface area contributed by atoms with Crippen molar-refractivity contribution in [3.8, 4) is 0 Å². The molecule has 2 atom stereocenters. The number of rotatable bonds is 6. The van der Waals surface area contributed by atoms with Crippen LogP contribution in [0.1, 0.15) is 55.7 Å². The van der Waals surface area contributed by atoms with E-state index in [1.807, 2.05) is 6.20 Å². The second-order valence-electron chi connectivity index (χ2n) is 5.90. The Balaban J connectivity index is 1.92. The number of imidazole rings is 1. The molecule has 3 rings (SSSR count). The second kappa shape index (κ2) is 6.44. The van der Waals surface area contributed by atoms with Crippen molar-refractivity contribution >= 4 is 0 Å². The molecule has 21 heavy (non-hydrogen) atoms. The Morgan fingerprint density at radius 1 is 1.24 bits per heavy atom. The fourth-order valence-electron chi connectivity index (χ4n) is 3.44. The van der Waals surface area contributed by atoms with E-state index in [1.165, 1.54) is 17.0 Å². The fourth-order valence-corrected chi connectivity index (χ4v) is 3.44. The number of nitrogens with one attached hydrogen (secondary N) is 1. The first-order valence-electron chi connectivity index (χ1n) is 8.18. The number of hydrogen-bond acceptors (Lipinski definition) is 2. The molecule has 1 heterocycles. The van der Waals surface area contributed by atoms with E-state index in [-0.39, 0.29) is 0 Å². The Hall–Kier alpha value is -1.61. The summed E-state index contributed by atoms with van der Waals surface area (Å²) in [5.41, 5.74) is 2.94. The van der Waals surface area contributed by atoms with Gasteiger partial charge in [0.05, 0.1) is 12.1 Å². The third-order valence-corrected chi connectivity index (χ3v) is 4.40. The van der Waals surface area contributed by atoms with Crippen LogP contribution in [-0.2, 0) is 12.8 Å². The van der Waals surface area contributed by atoms with Crippen molar-refractivity contribution in [1.29, 1.82) is 0 Å². The highest BCUT2D eigenvalue weighted by molar-refractivity contribution is 5.37. The minimum atomic E-state index is 0.408. The number of fused-ring (bicyclic) bond motifs is 1. The molecule has 0 spiro atoms. The standard InChI is InChI=1S/C18H25N3/c1-3-7-17-19-11-12-21(17)16-13-14-8-5-6-9-15(14)18(16)20-10-4-2/h5-6,8-9,11-12,16,18,20H,3-4,7,10,13H2,1-2H3. The van der Waals surface area contributed by atoms with Crippen LogP contribution in [0.5, 0.6) is 0 Å². The van der Waals surface area contributed by atoms with E-state index in [4.69, 9.17) is 0 Å². The predicted octanol–water partition coefficient (Wildman–Crippen LogP) is 3.67. The Morgan fingerprint density at radius 3 is 2.90 bits per heavy atom. The SMILES string of the molecule is CCCNC1c2ccccc2CC1n1ccnc1CCC. The topological polar surface area (TPSA) is 29.9 Å². The lowest BCUT2D eigenvalue weighted by Crippen LogP contribution is -2.28. The third-order valence-electron chi connectivity index (χ3n) is 4.40. The van der Waals surface area contributed by atoms with Crippen LogP contribution in [0.4, 0.5) is 0 Å². The Kier molecular flexibility index (Phi) is 4.39. The maximum Gasteiger partial charge on any atom is 0.108 e. The van der Waals surface area contributed by atoms with E-state index in [9.17, 15) is 0 Å². The van der Waals surface area contributed by atoms with E-state index >= 15 is 0 Å². The number of nitrogens with zero attached hydrogens (tertiary/aromatic N) is 2. The number of hydrogen-bond donors (Lipinski definition) is 1. The molecule has 1 aromatic heterocycles. The van der Waals surface area contributed by atoms with Gasteiger partial charge in [-0.15, -0.1) is 0 Å². The molecule has 2 aromatic rings. The van der Waals surface area contributed by atoms with Gasteiger partial charge in [0.2, 0.25) is 0 Å². The van der Waals surface area contributed by atoms with Gasteiger partial charge >= 0.3 is 0 Å². The van der Waals surface area contributed by atoms with Crippen LogP contribution in [0.2, 0.25) is 0 Å². The molecule has 2 unspecified atom stereocenters. The molecule has 0 amide bonds. The van der Waals surface area contributed by atoms with E-state index in [0.717, 1.165) is 32.2 Å². The molecule has 3 heteroatoms. The quantitative estimate of drug-likeness (QED) is 0.876. The van der Waals surface area contributed by atoms with Gasteiger partial charge in [0.1, 0.15) is 5.82 Å². The zero-order valence-corrected chi connectivity index (χ0v) is 13.0. The summed E-state index contributed by atoms with van der Waals surface area (Å²) in [4.78, 5) is 4.56. The average Bonchev–Trinajstić information content (AvgIpc) is 3.09. The van der Waals surface area contributed by atoms with Crippen molar-refractivity contribution in [3.05, 3.63) is 53.6 Å². The van der Waals surface area contributed by atoms with Crippen LogP contribution >= 0.6 is 0 Å². The summed E-state index contributed by atoms with van der Waals surface area (Å²) in [7, 11) is 0. The van der Waals surface area contributed by atoms with Crippen molar-refractivity contribution in [2.24, 2.45) is 0 Å². The lowest BCUT2D eigenvalue weighted by molar-refractivity contribution is 0.372. The summed E-state index contributed by atoms with van der Waals surface area (Å²) in [5.74, 6) is 1.22. The summed E-state index contributed by atoms with van der Waals surface area (Å²) >= 11 is 0. The molecule has 0 saturated carbocycles. The molecule has 3 nitrogen and oxygen atoms in total. The first-order chi connectivity index (χ1) is 10.3. The highest BCUT2D eigenvalue weighted by Crippen LogP contribution is 2.39.